The van der Waals surface area contributed by atoms with E-state index in [2.05, 4.69) is 26.8 Å². The summed E-state index contributed by atoms with van der Waals surface area (Å²) in [7, 11) is 0. The number of aromatic nitrogens is 1. The smallest absolute Gasteiger partial charge is 0.218 e. The Morgan fingerprint density at radius 3 is 2.76 bits per heavy atom. The Bertz CT molecular complexity index is 404. The Hall–Kier alpha value is -1.63. The van der Waals surface area contributed by atoms with Crippen LogP contribution in [-0.2, 0) is 0 Å². The first-order chi connectivity index (χ1) is 8.15. The Morgan fingerprint density at radius 2 is 2.24 bits per heavy atom. The van der Waals surface area contributed by atoms with Crippen molar-refractivity contribution in [2.24, 2.45) is 0 Å². The van der Waals surface area contributed by atoms with E-state index in [1.807, 2.05) is 4.57 Å². The molecule has 0 aromatic carbocycles. The molecule has 4 heteroatoms. The number of ether oxygens (including phenoxy) is 1. The van der Waals surface area contributed by atoms with Gasteiger partial charge in [0.1, 0.15) is 11.8 Å². The molecule has 1 aromatic heterocycles. The Labute approximate surface area is 103 Å². The van der Waals surface area contributed by atoms with E-state index in [0.717, 1.165) is 19.3 Å². The summed E-state index contributed by atoms with van der Waals surface area (Å²) in [5.74, 6) is 0.643. The molecule has 0 unspecified atom stereocenters. The molecular weight excluding hydrogens is 214 g/mol. The largest absolute Gasteiger partial charge is 0.477 e. The second-order valence-electron chi connectivity index (χ2n) is 4.23. The summed E-state index contributed by atoms with van der Waals surface area (Å²) in [6.45, 7) is 6.90. The highest BCUT2D eigenvalue weighted by molar-refractivity contribution is 5.55. The number of hydrogen-bond acceptors (Lipinski definition) is 3. The number of hydrogen-bond donors (Lipinski definition) is 1. The van der Waals surface area contributed by atoms with Crippen molar-refractivity contribution in [1.29, 1.82) is 5.26 Å². The van der Waals surface area contributed by atoms with Crippen molar-refractivity contribution in [3.05, 3.63) is 11.8 Å². The average molecular weight is 235 g/mol. The van der Waals surface area contributed by atoms with E-state index < -0.39 is 0 Å². The average Bonchev–Trinajstić information content (AvgIpc) is 2.65. The lowest BCUT2D eigenvalue weighted by Crippen LogP contribution is -2.10. The number of unbranched alkanes of at least 4 members (excludes halogenated alkanes) is 1. The van der Waals surface area contributed by atoms with Crippen molar-refractivity contribution in [3.8, 4) is 11.9 Å². The lowest BCUT2D eigenvalue weighted by Gasteiger charge is -2.17. The first-order valence-electron chi connectivity index (χ1n) is 6.19. The Kier molecular flexibility index (Phi) is 4.89. The zero-order valence-electron chi connectivity index (χ0n) is 10.9. The van der Waals surface area contributed by atoms with Gasteiger partial charge in [-0.15, -0.1) is 0 Å². The molecule has 0 aliphatic rings. The first kappa shape index (κ1) is 13.4. The second kappa shape index (κ2) is 6.19. The van der Waals surface area contributed by atoms with Crippen molar-refractivity contribution >= 4 is 5.69 Å². The summed E-state index contributed by atoms with van der Waals surface area (Å²) in [6, 6.07) is 4.07. The van der Waals surface area contributed by atoms with Gasteiger partial charge in [0.15, 0.2) is 0 Å². The Balaban J connectivity index is 3.01. The zero-order chi connectivity index (χ0) is 12.8. The first-order valence-corrected chi connectivity index (χ1v) is 6.19. The number of rotatable bonds is 6. The van der Waals surface area contributed by atoms with Crippen LogP contribution in [0.15, 0.2) is 6.07 Å². The fraction of sp³-hybridized carbons (Fsp3) is 0.615. The maximum absolute atomic E-state index is 9.09. The minimum absolute atomic E-state index is 0.221. The Morgan fingerprint density at radius 1 is 1.53 bits per heavy atom. The van der Waals surface area contributed by atoms with E-state index in [1.165, 1.54) is 0 Å². The van der Waals surface area contributed by atoms with E-state index in [1.54, 1.807) is 6.07 Å². The molecular formula is C13H21N3O. The van der Waals surface area contributed by atoms with Gasteiger partial charge in [0, 0.05) is 12.1 Å². The number of nitrogens with two attached hydrogens (primary N) is 1. The topological polar surface area (TPSA) is 64.0 Å². The normalized spacial score (nSPS) is 12.1. The van der Waals surface area contributed by atoms with Gasteiger partial charge in [-0.25, -0.2) is 0 Å². The van der Waals surface area contributed by atoms with Crippen molar-refractivity contribution in [3.63, 3.8) is 0 Å². The van der Waals surface area contributed by atoms with Crippen molar-refractivity contribution in [2.75, 3.05) is 12.3 Å². The molecule has 0 amide bonds. The maximum atomic E-state index is 9.09. The van der Waals surface area contributed by atoms with Crippen molar-refractivity contribution in [2.45, 2.75) is 46.1 Å². The lowest BCUT2D eigenvalue weighted by atomic mass is 10.2. The van der Waals surface area contributed by atoms with Crippen LogP contribution in [0.3, 0.4) is 0 Å². The summed E-state index contributed by atoms with van der Waals surface area (Å²) in [5, 5.41) is 9.09. The minimum Gasteiger partial charge on any atom is -0.477 e. The van der Waals surface area contributed by atoms with Crippen LogP contribution < -0.4 is 10.5 Å². The molecule has 4 nitrogen and oxygen atoms in total. The molecule has 0 radical (unpaired) electrons. The van der Waals surface area contributed by atoms with Gasteiger partial charge in [0.2, 0.25) is 5.88 Å². The third-order valence-electron chi connectivity index (χ3n) is 2.90. The van der Waals surface area contributed by atoms with Crippen LogP contribution >= 0.6 is 0 Å². The molecule has 1 heterocycles. The van der Waals surface area contributed by atoms with E-state index in [4.69, 9.17) is 15.7 Å². The van der Waals surface area contributed by atoms with Gasteiger partial charge >= 0.3 is 0 Å². The van der Waals surface area contributed by atoms with Gasteiger partial charge < -0.3 is 10.5 Å². The summed E-state index contributed by atoms with van der Waals surface area (Å²) in [5.41, 5.74) is 7.02. The van der Waals surface area contributed by atoms with E-state index >= 15 is 0 Å². The molecule has 1 rings (SSSR count). The van der Waals surface area contributed by atoms with E-state index in [9.17, 15) is 0 Å². The number of anilines is 1. The molecule has 1 atom stereocenters. The summed E-state index contributed by atoms with van der Waals surface area (Å²) in [4.78, 5) is 0. The highest BCUT2D eigenvalue weighted by atomic mass is 16.5. The third kappa shape index (κ3) is 2.94. The summed E-state index contributed by atoms with van der Waals surface area (Å²) < 4.78 is 7.59. The van der Waals surface area contributed by atoms with Crippen LogP contribution in [0.5, 0.6) is 5.88 Å². The van der Waals surface area contributed by atoms with Gasteiger partial charge in [-0.1, -0.05) is 20.3 Å². The molecule has 17 heavy (non-hydrogen) atoms. The highest BCUT2D eigenvalue weighted by Crippen LogP contribution is 2.31. The van der Waals surface area contributed by atoms with E-state index in [0.29, 0.717) is 23.9 Å². The number of nitriles is 1. The number of nitrogens with zero attached hydrogens (tertiary/aromatic N) is 2. The molecule has 0 bridgehead atoms. The SMILES string of the molecule is CCCCOc1c(N)cc(C#N)n1[C@@H](C)CC. The summed E-state index contributed by atoms with van der Waals surface area (Å²) >= 11 is 0. The second-order valence-corrected chi connectivity index (χ2v) is 4.23. The van der Waals surface area contributed by atoms with Crippen LogP contribution in [0, 0.1) is 11.3 Å². The van der Waals surface area contributed by atoms with Crippen LogP contribution in [0.25, 0.3) is 0 Å². The minimum atomic E-state index is 0.221. The monoisotopic (exact) mass is 235 g/mol. The van der Waals surface area contributed by atoms with Crippen LogP contribution in [0.1, 0.15) is 51.8 Å². The van der Waals surface area contributed by atoms with Gasteiger partial charge in [0.25, 0.3) is 0 Å². The van der Waals surface area contributed by atoms with Crippen LogP contribution in [0.2, 0.25) is 0 Å². The highest BCUT2D eigenvalue weighted by Gasteiger charge is 2.17. The lowest BCUT2D eigenvalue weighted by molar-refractivity contribution is 0.275. The molecule has 0 saturated heterocycles. The molecule has 0 aliphatic carbocycles. The predicted molar refractivity (Wildman–Crippen MR) is 69.0 cm³/mol. The van der Waals surface area contributed by atoms with Crippen molar-refractivity contribution < 1.29 is 4.74 Å². The molecule has 1 aromatic rings. The molecule has 2 N–H and O–H groups in total. The standard InChI is InChI=1S/C13H21N3O/c1-4-6-7-17-13-12(15)8-11(9-14)16(13)10(3)5-2/h8,10H,4-7,15H2,1-3H3/t10-/m0/s1. The zero-order valence-corrected chi connectivity index (χ0v) is 10.9. The quantitative estimate of drug-likeness (QED) is 0.770. The molecule has 94 valence electrons. The third-order valence-corrected chi connectivity index (χ3v) is 2.90. The molecule has 0 aliphatic heterocycles. The maximum Gasteiger partial charge on any atom is 0.218 e. The van der Waals surface area contributed by atoms with Crippen LogP contribution in [0.4, 0.5) is 5.69 Å². The van der Waals surface area contributed by atoms with Crippen LogP contribution in [-0.4, -0.2) is 11.2 Å². The van der Waals surface area contributed by atoms with Crippen molar-refractivity contribution in [1.82, 2.24) is 4.57 Å². The van der Waals surface area contributed by atoms with Gasteiger partial charge in [0.05, 0.1) is 12.3 Å². The molecule has 0 spiro atoms. The van der Waals surface area contributed by atoms with Gasteiger partial charge in [-0.3, -0.25) is 4.57 Å². The molecule has 0 fully saturated rings. The van der Waals surface area contributed by atoms with E-state index in [-0.39, 0.29) is 6.04 Å². The fourth-order valence-corrected chi connectivity index (χ4v) is 1.70. The molecule has 0 saturated carbocycles. The number of nitrogen functional groups attached to an aromatic ring is 1. The summed E-state index contributed by atoms with van der Waals surface area (Å²) in [6.07, 6.45) is 3.01. The van der Waals surface area contributed by atoms with Gasteiger partial charge in [-0.2, -0.15) is 5.26 Å². The fourth-order valence-electron chi connectivity index (χ4n) is 1.70. The van der Waals surface area contributed by atoms with Gasteiger partial charge in [-0.05, 0) is 19.8 Å². The predicted octanol–water partition coefficient (Wildman–Crippen LogP) is 3.09.